The summed E-state index contributed by atoms with van der Waals surface area (Å²) >= 11 is 0. The highest BCUT2D eigenvalue weighted by atomic mass is 16.6. The molecule has 4 N–H and O–H groups in total. The van der Waals surface area contributed by atoms with E-state index < -0.39 is 37.3 Å². The monoisotopic (exact) mass is 930 g/mol. The molecule has 3 saturated heterocycles. The van der Waals surface area contributed by atoms with Crippen molar-refractivity contribution in [2.75, 3.05) is 90.0 Å². The van der Waals surface area contributed by atoms with Crippen LogP contribution >= 0.6 is 0 Å². The van der Waals surface area contributed by atoms with Gasteiger partial charge in [-0.3, -0.25) is 4.57 Å². The minimum atomic E-state index is -1.53. The Hall–Kier alpha value is -6.63. The summed E-state index contributed by atoms with van der Waals surface area (Å²) in [5.74, 6) is 1.55. The fourth-order valence-electron chi connectivity index (χ4n) is 10.2. The Morgan fingerprint density at radius 1 is 0.638 bits per heavy atom. The van der Waals surface area contributed by atoms with E-state index in [-0.39, 0.29) is 0 Å². The molecule has 0 unspecified atom stereocenters. The zero-order valence-electron chi connectivity index (χ0n) is 39.1. The number of likely N-dealkylation sites (N-methyl/N-ethyl adjacent to an activating group) is 2. The molecule has 0 spiro atoms. The second kappa shape index (κ2) is 18.7. The Kier molecular flexibility index (Phi) is 12.2. The molecule has 3 fully saturated rings. The second-order valence-corrected chi connectivity index (χ2v) is 18.6. The zero-order chi connectivity index (χ0) is 47.3. The van der Waals surface area contributed by atoms with E-state index in [4.69, 9.17) is 14.5 Å². The predicted octanol–water partition coefficient (Wildman–Crippen LogP) is 5.11. The molecule has 0 saturated carbocycles. The first-order chi connectivity index (χ1) is 33.6. The Bertz CT molecular complexity index is 3060. The number of anilines is 2. The van der Waals surface area contributed by atoms with Crippen LogP contribution in [-0.2, 0) is 11.3 Å². The summed E-state index contributed by atoms with van der Waals surface area (Å²) < 4.78 is 17.2. The van der Waals surface area contributed by atoms with Gasteiger partial charge in [0.2, 0.25) is 0 Å². The van der Waals surface area contributed by atoms with Crippen LogP contribution in [0.2, 0.25) is 0 Å². The highest BCUT2D eigenvalue weighted by Crippen LogP contribution is 2.42. The summed E-state index contributed by atoms with van der Waals surface area (Å²) in [6.07, 6.45) is -5.06. The van der Waals surface area contributed by atoms with Gasteiger partial charge in [0.05, 0.1) is 37.8 Å². The fraction of sp³-hybridized carbons (Fsp3) is 0.340. The van der Waals surface area contributed by atoms with Crippen molar-refractivity contribution in [3.8, 4) is 45.3 Å². The van der Waals surface area contributed by atoms with Gasteiger partial charge in [0.25, 0.3) is 0 Å². The third-order valence-electron chi connectivity index (χ3n) is 14.3. The van der Waals surface area contributed by atoms with Crippen LogP contribution in [0.1, 0.15) is 11.9 Å². The van der Waals surface area contributed by atoms with Crippen molar-refractivity contribution in [2.24, 2.45) is 0 Å². The number of nitrogens with zero attached hydrogens (tertiary/aromatic N) is 10. The van der Waals surface area contributed by atoms with Gasteiger partial charge in [-0.25, -0.2) is 9.67 Å². The highest BCUT2D eigenvalue weighted by Gasteiger charge is 2.44. The molecule has 5 atom stereocenters. The summed E-state index contributed by atoms with van der Waals surface area (Å²) in [7, 11) is 6.04. The number of aromatic nitrogens is 6. The van der Waals surface area contributed by atoms with Gasteiger partial charge < -0.3 is 54.1 Å². The van der Waals surface area contributed by atoms with E-state index in [9.17, 15) is 20.4 Å². The molecule has 11 rings (SSSR count). The highest BCUT2D eigenvalue weighted by molar-refractivity contribution is 6.09. The Morgan fingerprint density at radius 3 is 1.87 bits per heavy atom. The lowest BCUT2D eigenvalue weighted by Gasteiger charge is -2.39. The topological polar surface area (TPSA) is 166 Å². The smallest absolute Gasteiger partial charge is 0.180 e. The van der Waals surface area contributed by atoms with Gasteiger partial charge in [-0.2, -0.15) is 0 Å². The molecule has 6 heterocycles. The lowest BCUT2D eigenvalue weighted by atomic mass is 9.98. The third-order valence-corrected chi connectivity index (χ3v) is 14.3. The van der Waals surface area contributed by atoms with E-state index in [0.29, 0.717) is 12.2 Å². The first-order valence-electron chi connectivity index (χ1n) is 23.7. The molecule has 356 valence electrons. The lowest BCUT2D eigenvalue weighted by molar-refractivity contribution is -0.254. The number of para-hydroxylation sites is 1. The van der Waals surface area contributed by atoms with Gasteiger partial charge in [0.15, 0.2) is 6.23 Å². The molecule has 0 bridgehead atoms. The summed E-state index contributed by atoms with van der Waals surface area (Å²) in [6, 6.07) is 40.8. The largest absolute Gasteiger partial charge is 0.497 e. The summed E-state index contributed by atoms with van der Waals surface area (Å²) in [5.41, 5.74) is 10.8. The Balaban J connectivity index is 1.03. The molecule has 3 aliphatic heterocycles. The maximum atomic E-state index is 10.8. The fourth-order valence-corrected chi connectivity index (χ4v) is 10.2. The summed E-state index contributed by atoms with van der Waals surface area (Å²) in [4.78, 5) is 15.3. The number of aliphatic hydroxyl groups excluding tert-OH is 4. The van der Waals surface area contributed by atoms with E-state index in [1.165, 1.54) is 16.1 Å². The molecule has 5 aromatic carbocycles. The first kappa shape index (κ1) is 44.9. The molecule has 69 heavy (non-hydrogen) atoms. The predicted molar refractivity (Wildman–Crippen MR) is 267 cm³/mol. The van der Waals surface area contributed by atoms with Crippen LogP contribution in [0.3, 0.4) is 0 Å². The quantitative estimate of drug-likeness (QED) is 0.136. The SMILES string of the molecule is COc1ccc(-n2c(-c3ccc4c(c3)c3ccccc3n4Cc3cn([C@@H]4O[C@H](CO)[C@@H](O)[C@H](O)[C@H]4O)nn3)nc(-c3ccc(N4CCN(C)CC4)cc3)c2-c2ccc(N3CCN(C)CC3)cc2)cc1. The van der Waals surface area contributed by atoms with Crippen LogP contribution in [0.4, 0.5) is 11.4 Å². The minimum absolute atomic E-state index is 0.337. The first-order valence-corrected chi connectivity index (χ1v) is 23.7. The van der Waals surface area contributed by atoms with Gasteiger partial charge >= 0.3 is 0 Å². The number of hydrogen-bond acceptors (Lipinski definition) is 13. The number of fused-ring (bicyclic) bond motifs is 3. The Morgan fingerprint density at radius 2 is 1.23 bits per heavy atom. The van der Waals surface area contributed by atoms with E-state index in [1.54, 1.807) is 13.3 Å². The standard InChI is InChI=1S/C53H58N10O6/c1-57-22-26-59(27-23-57)38-13-8-34(9-14-38)47-48(35-10-15-39(16-11-35)60-28-24-58(2)25-29-60)63(40-17-19-41(68-3)20-18-40)52(54-47)36-12-21-45-43(30-36)42-6-4-5-7-44(42)61(45)31-37-32-62(56-55-37)53-51(67)50(66)49(65)46(33-64)69-53/h4-21,30,32,46,49-51,53,64-67H,22-29,31,33H2,1-3H3/t46-,49-,50+,51-,53-/m1/s1. The number of benzene rings is 5. The van der Waals surface area contributed by atoms with Gasteiger partial charge in [0.1, 0.15) is 41.7 Å². The van der Waals surface area contributed by atoms with E-state index in [0.717, 1.165) is 120 Å². The van der Waals surface area contributed by atoms with Crippen molar-refractivity contribution in [2.45, 2.75) is 37.2 Å². The molecule has 16 heteroatoms. The Labute approximate surface area is 400 Å². The maximum absolute atomic E-state index is 10.8. The minimum Gasteiger partial charge on any atom is -0.497 e. The van der Waals surface area contributed by atoms with Crippen molar-refractivity contribution in [1.29, 1.82) is 0 Å². The molecule has 8 aromatic rings. The molecule has 3 aromatic heterocycles. The second-order valence-electron chi connectivity index (χ2n) is 18.6. The maximum Gasteiger partial charge on any atom is 0.180 e. The summed E-state index contributed by atoms with van der Waals surface area (Å²) in [5, 5.41) is 52.2. The molecule has 16 nitrogen and oxygen atoms in total. The number of ether oxygens (including phenoxy) is 2. The van der Waals surface area contributed by atoms with E-state index in [1.807, 2.05) is 24.3 Å². The summed E-state index contributed by atoms with van der Waals surface area (Å²) in [6.45, 7) is 7.85. The number of aliphatic hydroxyl groups is 4. The molecule has 0 aliphatic carbocycles. The van der Waals surface area contributed by atoms with Gasteiger partial charge in [0, 0.05) is 108 Å². The van der Waals surface area contributed by atoms with E-state index >= 15 is 0 Å². The number of imidazole rings is 1. The average Bonchev–Trinajstić information content (AvgIpc) is 4.11. The molecular weight excluding hydrogens is 873 g/mol. The van der Waals surface area contributed by atoms with Gasteiger partial charge in [-0.05, 0) is 86.9 Å². The third kappa shape index (κ3) is 8.41. The van der Waals surface area contributed by atoms with Crippen LogP contribution in [0, 0.1) is 0 Å². The number of hydrogen-bond donors (Lipinski definition) is 4. The van der Waals surface area contributed by atoms with Crippen molar-refractivity contribution in [3.63, 3.8) is 0 Å². The van der Waals surface area contributed by atoms with Crippen molar-refractivity contribution in [3.05, 3.63) is 127 Å². The average molecular weight is 931 g/mol. The zero-order valence-corrected chi connectivity index (χ0v) is 39.1. The lowest BCUT2D eigenvalue weighted by Crippen LogP contribution is -2.56. The van der Waals surface area contributed by atoms with Crippen molar-refractivity contribution < 1.29 is 29.9 Å². The van der Waals surface area contributed by atoms with Crippen LogP contribution in [0.25, 0.3) is 61.4 Å². The molecule has 3 aliphatic rings. The van der Waals surface area contributed by atoms with Crippen molar-refractivity contribution >= 4 is 33.2 Å². The van der Waals surface area contributed by atoms with Crippen LogP contribution in [0.5, 0.6) is 5.75 Å². The van der Waals surface area contributed by atoms with Crippen molar-refractivity contribution in [1.82, 2.24) is 38.9 Å². The molecule has 0 radical (unpaired) electrons. The molecule has 0 amide bonds. The van der Waals surface area contributed by atoms with Gasteiger partial charge in [-0.15, -0.1) is 5.10 Å². The van der Waals surface area contributed by atoms with E-state index in [2.05, 4.69) is 144 Å². The van der Waals surface area contributed by atoms with Crippen LogP contribution in [0.15, 0.2) is 121 Å². The van der Waals surface area contributed by atoms with Crippen LogP contribution in [-0.4, -0.2) is 164 Å². The molecular formula is C53H58N10O6. The normalized spacial score (nSPS) is 21.7. The number of rotatable bonds is 11. The van der Waals surface area contributed by atoms with Crippen LogP contribution < -0.4 is 14.5 Å². The number of piperazine rings is 2. The van der Waals surface area contributed by atoms with Gasteiger partial charge in [-0.1, -0.05) is 47.7 Å². The number of methoxy groups -OCH3 is 1.